The summed E-state index contributed by atoms with van der Waals surface area (Å²) in [6, 6.07) is 1.99. The van der Waals surface area contributed by atoms with Gasteiger partial charge >= 0.3 is 0 Å². The van der Waals surface area contributed by atoms with Gasteiger partial charge in [0.15, 0.2) is 0 Å². The largest absolute Gasteiger partial charge is 0.383 e. The highest BCUT2D eigenvalue weighted by Crippen LogP contribution is 2.21. The van der Waals surface area contributed by atoms with Gasteiger partial charge in [0.1, 0.15) is 11.9 Å². The third kappa shape index (κ3) is 1.33. The first-order valence-electron chi connectivity index (χ1n) is 2.97. The molecule has 1 aromatic heterocycles. The summed E-state index contributed by atoms with van der Waals surface area (Å²) >= 11 is 3.25. The van der Waals surface area contributed by atoms with Crippen LogP contribution in [0, 0.1) is 18.3 Å². The van der Waals surface area contributed by atoms with Crippen LogP contribution in [0.15, 0.2) is 10.7 Å². The van der Waals surface area contributed by atoms with E-state index in [0.717, 1.165) is 10.0 Å². The second-order valence-electron chi connectivity index (χ2n) is 2.10. The summed E-state index contributed by atoms with van der Waals surface area (Å²) in [5.41, 5.74) is 6.72. The number of hydrogen-bond acceptors (Lipinski definition) is 3. The molecule has 0 radical (unpaired) electrons. The number of hydrogen-bond donors (Lipinski definition) is 1. The molecule has 2 N–H and O–H groups in total. The average molecular weight is 212 g/mol. The Bertz CT molecular complexity index is 327. The summed E-state index contributed by atoms with van der Waals surface area (Å²) in [6.45, 7) is 1.82. The fraction of sp³-hybridized carbons (Fsp3) is 0.143. The molecule has 0 spiro atoms. The van der Waals surface area contributed by atoms with E-state index in [2.05, 4.69) is 20.9 Å². The van der Waals surface area contributed by atoms with Gasteiger partial charge in [-0.15, -0.1) is 0 Å². The molecule has 0 atom stereocenters. The van der Waals surface area contributed by atoms with Crippen molar-refractivity contribution in [3.63, 3.8) is 0 Å². The lowest BCUT2D eigenvalue weighted by molar-refractivity contribution is 1.24. The molecule has 0 saturated carbocycles. The molecular weight excluding hydrogens is 206 g/mol. The Morgan fingerprint density at radius 1 is 1.73 bits per heavy atom. The first kappa shape index (κ1) is 8.02. The summed E-state index contributed by atoms with van der Waals surface area (Å²) in [4.78, 5) is 3.82. The normalized spacial score (nSPS) is 9.18. The summed E-state index contributed by atoms with van der Waals surface area (Å²) < 4.78 is 0.809. The van der Waals surface area contributed by atoms with Crippen molar-refractivity contribution in [1.29, 1.82) is 5.26 Å². The smallest absolute Gasteiger partial charge is 0.141 e. The number of nitriles is 1. The molecule has 0 bridgehead atoms. The molecule has 1 rings (SSSR count). The van der Waals surface area contributed by atoms with Gasteiger partial charge < -0.3 is 5.73 Å². The van der Waals surface area contributed by atoms with Crippen molar-refractivity contribution in [3.05, 3.63) is 21.8 Å². The van der Waals surface area contributed by atoms with E-state index in [1.165, 1.54) is 0 Å². The summed E-state index contributed by atoms with van der Waals surface area (Å²) in [6.07, 6.45) is 1.59. The maximum atomic E-state index is 8.63. The summed E-state index contributed by atoms with van der Waals surface area (Å²) in [7, 11) is 0. The minimum atomic E-state index is 0.285. The van der Waals surface area contributed by atoms with E-state index < -0.39 is 0 Å². The lowest BCUT2D eigenvalue weighted by Gasteiger charge is -2.01. The van der Waals surface area contributed by atoms with Crippen LogP contribution in [-0.2, 0) is 0 Å². The van der Waals surface area contributed by atoms with Crippen LogP contribution in [0.1, 0.15) is 11.1 Å². The highest BCUT2D eigenvalue weighted by Gasteiger charge is 2.05. The van der Waals surface area contributed by atoms with E-state index >= 15 is 0 Å². The molecule has 4 heteroatoms. The van der Waals surface area contributed by atoms with Gasteiger partial charge in [-0.25, -0.2) is 4.98 Å². The van der Waals surface area contributed by atoms with E-state index in [9.17, 15) is 0 Å². The van der Waals surface area contributed by atoms with Gasteiger partial charge in [-0.3, -0.25) is 0 Å². The SMILES string of the molecule is Cc1c(Br)cnc(N)c1C#N. The van der Waals surface area contributed by atoms with Crippen molar-refractivity contribution in [2.24, 2.45) is 0 Å². The molecule has 1 heterocycles. The maximum absolute atomic E-state index is 8.63. The van der Waals surface area contributed by atoms with Crippen molar-refractivity contribution in [1.82, 2.24) is 4.98 Å². The molecule has 11 heavy (non-hydrogen) atoms. The molecule has 0 fully saturated rings. The number of halogens is 1. The third-order valence-electron chi connectivity index (χ3n) is 1.42. The van der Waals surface area contributed by atoms with Crippen LogP contribution < -0.4 is 5.73 Å². The number of nitrogen functional groups attached to an aromatic ring is 1. The van der Waals surface area contributed by atoms with E-state index in [1.807, 2.05) is 13.0 Å². The molecule has 0 amide bonds. The second kappa shape index (κ2) is 2.89. The topological polar surface area (TPSA) is 62.7 Å². The third-order valence-corrected chi connectivity index (χ3v) is 2.22. The molecule has 0 aliphatic rings. The Morgan fingerprint density at radius 3 is 2.82 bits per heavy atom. The van der Waals surface area contributed by atoms with Crippen LogP contribution in [0.25, 0.3) is 0 Å². The number of aromatic nitrogens is 1. The molecule has 0 saturated heterocycles. The highest BCUT2D eigenvalue weighted by atomic mass is 79.9. The lowest BCUT2D eigenvalue weighted by atomic mass is 10.2. The van der Waals surface area contributed by atoms with Gasteiger partial charge in [0.05, 0.1) is 5.56 Å². The minimum Gasteiger partial charge on any atom is -0.383 e. The number of rotatable bonds is 0. The minimum absolute atomic E-state index is 0.285. The number of pyridine rings is 1. The van der Waals surface area contributed by atoms with Crippen molar-refractivity contribution >= 4 is 21.7 Å². The maximum Gasteiger partial charge on any atom is 0.141 e. The Labute approximate surface area is 73.0 Å². The second-order valence-corrected chi connectivity index (χ2v) is 2.96. The van der Waals surface area contributed by atoms with Gasteiger partial charge in [0.2, 0.25) is 0 Å². The first-order chi connectivity index (χ1) is 5.16. The molecule has 0 unspecified atom stereocenters. The van der Waals surface area contributed by atoms with Crippen LogP contribution in [0.3, 0.4) is 0 Å². The zero-order valence-corrected chi connectivity index (χ0v) is 7.51. The molecule has 0 aliphatic heterocycles. The van der Waals surface area contributed by atoms with Gasteiger partial charge in [-0.2, -0.15) is 5.26 Å². The van der Waals surface area contributed by atoms with E-state index in [0.29, 0.717) is 5.56 Å². The predicted octanol–water partition coefficient (Wildman–Crippen LogP) is 1.61. The van der Waals surface area contributed by atoms with Crippen molar-refractivity contribution in [2.75, 3.05) is 5.73 Å². The quantitative estimate of drug-likeness (QED) is 0.710. The monoisotopic (exact) mass is 211 g/mol. The van der Waals surface area contributed by atoms with Crippen LogP contribution in [0.2, 0.25) is 0 Å². The molecular formula is C7H6BrN3. The Hall–Kier alpha value is -1.08. The van der Waals surface area contributed by atoms with E-state index in [4.69, 9.17) is 11.0 Å². The zero-order valence-electron chi connectivity index (χ0n) is 5.93. The zero-order chi connectivity index (χ0) is 8.43. The summed E-state index contributed by atoms with van der Waals surface area (Å²) in [5.74, 6) is 0.285. The lowest BCUT2D eigenvalue weighted by Crippen LogP contribution is -1.97. The molecule has 0 aromatic carbocycles. The van der Waals surface area contributed by atoms with Crippen molar-refractivity contribution < 1.29 is 0 Å². The van der Waals surface area contributed by atoms with Crippen LogP contribution in [-0.4, -0.2) is 4.98 Å². The van der Waals surface area contributed by atoms with E-state index in [1.54, 1.807) is 6.20 Å². The summed E-state index contributed by atoms with van der Waals surface area (Å²) in [5, 5.41) is 8.63. The standard InChI is InChI=1S/C7H6BrN3/c1-4-5(2-9)7(10)11-3-6(4)8/h3H,1H3,(H2,10,11). The number of anilines is 1. The predicted molar refractivity (Wildman–Crippen MR) is 45.8 cm³/mol. The van der Waals surface area contributed by atoms with Gasteiger partial charge in [-0.1, -0.05) is 0 Å². The Kier molecular flexibility index (Phi) is 2.11. The Balaban J connectivity index is 3.44. The van der Waals surface area contributed by atoms with Crippen LogP contribution >= 0.6 is 15.9 Å². The number of nitrogens with two attached hydrogens (primary N) is 1. The van der Waals surface area contributed by atoms with Gasteiger partial charge in [0.25, 0.3) is 0 Å². The van der Waals surface area contributed by atoms with Crippen molar-refractivity contribution in [3.8, 4) is 6.07 Å². The molecule has 56 valence electrons. The molecule has 3 nitrogen and oxygen atoms in total. The van der Waals surface area contributed by atoms with E-state index in [-0.39, 0.29) is 5.82 Å². The first-order valence-corrected chi connectivity index (χ1v) is 3.76. The van der Waals surface area contributed by atoms with Crippen LogP contribution in [0.4, 0.5) is 5.82 Å². The van der Waals surface area contributed by atoms with Gasteiger partial charge in [-0.05, 0) is 28.4 Å². The fourth-order valence-electron chi connectivity index (χ4n) is 0.740. The fourth-order valence-corrected chi connectivity index (χ4v) is 1.04. The molecule has 1 aromatic rings. The number of nitrogens with zero attached hydrogens (tertiary/aromatic N) is 2. The Morgan fingerprint density at radius 2 is 2.36 bits per heavy atom. The highest BCUT2D eigenvalue weighted by molar-refractivity contribution is 9.10. The molecule has 0 aliphatic carbocycles. The van der Waals surface area contributed by atoms with Gasteiger partial charge in [0, 0.05) is 10.7 Å². The van der Waals surface area contributed by atoms with Crippen molar-refractivity contribution in [2.45, 2.75) is 6.92 Å². The average Bonchev–Trinajstić information content (AvgIpc) is 1.99. The van der Waals surface area contributed by atoms with Crippen LogP contribution in [0.5, 0.6) is 0 Å².